The van der Waals surface area contributed by atoms with E-state index in [-0.39, 0.29) is 5.39 Å². The summed E-state index contributed by atoms with van der Waals surface area (Å²) in [6.45, 7) is -1.38. The molecule has 0 unspecified atom stereocenters. The molecule has 5 nitrogen and oxygen atoms in total. The Kier molecular flexibility index (Phi) is 3.75. The lowest BCUT2D eigenvalue weighted by Crippen LogP contribution is -2.28. The highest BCUT2D eigenvalue weighted by molar-refractivity contribution is 9.10. The summed E-state index contributed by atoms with van der Waals surface area (Å²) in [6.07, 6.45) is -0.487. The molecule has 0 radical (unpaired) electrons. The van der Waals surface area contributed by atoms with E-state index < -0.39 is 18.3 Å². The van der Waals surface area contributed by atoms with Crippen LogP contribution >= 0.6 is 15.9 Å². The Morgan fingerprint density at radius 3 is 2.52 bits per heavy atom. The second-order valence-electron chi connectivity index (χ2n) is 4.95. The molecular formula is C14H10BrF3N4O. The highest BCUT2D eigenvalue weighted by Crippen LogP contribution is 2.35. The van der Waals surface area contributed by atoms with Crippen molar-refractivity contribution < 1.29 is 13.2 Å². The van der Waals surface area contributed by atoms with Gasteiger partial charge in [-0.2, -0.15) is 13.2 Å². The molecule has 0 saturated carbocycles. The largest absolute Gasteiger partial charge is 0.406 e. The summed E-state index contributed by atoms with van der Waals surface area (Å²) in [6, 6.07) is 3.36. The maximum atomic E-state index is 12.6. The van der Waals surface area contributed by atoms with Crippen LogP contribution in [0.5, 0.6) is 0 Å². The number of rotatable bonds is 2. The van der Waals surface area contributed by atoms with Crippen LogP contribution in [-0.2, 0) is 13.6 Å². The van der Waals surface area contributed by atoms with E-state index in [0.717, 1.165) is 6.33 Å². The first-order valence-electron chi connectivity index (χ1n) is 6.50. The lowest BCUT2D eigenvalue weighted by Gasteiger charge is -2.09. The predicted molar refractivity (Wildman–Crippen MR) is 82.0 cm³/mol. The molecule has 0 N–H and O–H groups in total. The van der Waals surface area contributed by atoms with E-state index in [4.69, 9.17) is 0 Å². The van der Waals surface area contributed by atoms with Gasteiger partial charge in [0.2, 0.25) is 0 Å². The zero-order valence-electron chi connectivity index (χ0n) is 11.8. The van der Waals surface area contributed by atoms with Crippen molar-refractivity contribution >= 4 is 27.0 Å². The standard InChI is InChI=1S/C14H10BrF3N4O/c1-21-11(15)9(8-2-4-19-5-3-8)10-12(21)20-7-22(13(10)23)6-14(16,17)18/h2-5,7H,6H2,1H3. The smallest absolute Gasteiger partial charge is 0.322 e. The summed E-state index contributed by atoms with van der Waals surface area (Å²) in [5.41, 5.74) is 0.743. The van der Waals surface area contributed by atoms with E-state index in [9.17, 15) is 18.0 Å². The minimum absolute atomic E-state index is 0.136. The third-order valence-corrected chi connectivity index (χ3v) is 4.33. The SMILES string of the molecule is Cn1c(Br)c(-c2ccncc2)c2c(=O)n(CC(F)(F)F)cnc21. The van der Waals surface area contributed by atoms with Crippen molar-refractivity contribution in [2.24, 2.45) is 7.05 Å². The molecule has 0 spiro atoms. The second-order valence-corrected chi connectivity index (χ2v) is 5.70. The van der Waals surface area contributed by atoms with E-state index in [0.29, 0.717) is 25.9 Å². The van der Waals surface area contributed by atoms with Crippen LogP contribution in [0.4, 0.5) is 13.2 Å². The van der Waals surface area contributed by atoms with Gasteiger partial charge in [-0.1, -0.05) is 0 Å². The van der Waals surface area contributed by atoms with Gasteiger partial charge in [0.1, 0.15) is 18.5 Å². The van der Waals surface area contributed by atoms with Crippen LogP contribution in [0.1, 0.15) is 0 Å². The first kappa shape index (κ1) is 15.7. The summed E-state index contributed by atoms with van der Waals surface area (Å²) >= 11 is 3.38. The molecule has 3 aromatic rings. The van der Waals surface area contributed by atoms with Gasteiger partial charge in [0.25, 0.3) is 5.56 Å². The van der Waals surface area contributed by atoms with Crippen LogP contribution in [0, 0.1) is 0 Å². The topological polar surface area (TPSA) is 52.7 Å². The van der Waals surface area contributed by atoms with Crippen molar-refractivity contribution in [1.82, 2.24) is 19.1 Å². The average molecular weight is 387 g/mol. The Morgan fingerprint density at radius 2 is 1.91 bits per heavy atom. The first-order chi connectivity index (χ1) is 10.8. The molecule has 0 amide bonds. The maximum Gasteiger partial charge on any atom is 0.406 e. The number of pyridine rings is 1. The van der Waals surface area contributed by atoms with Crippen molar-refractivity contribution in [3.05, 3.63) is 45.8 Å². The molecule has 3 rings (SSSR count). The van der Waals surface area contributed by atoms with Gasteiger partial charge in [0, 0.05) is 25.0 Å². The van der Waals surface area contributed by atoms with Gasteiger partial charge in [-0.25, -0.2) is 4.98 Å². The summed E-state index contributed by atoms with van der Waals surface area (Å²) in [4.78, 5) is 20.5. The van der Waals surface area contributed by atoms with Crippen molar-refractivity contribution in [3.8, 4) is 11.1 Å². The zero-order chi connectivity index (χ0) is 16.8. The third-order valence-electron chi connectivity index (χ3n) is 3.40. The van der Waals surface area contributed by atoms with Gasteiger partial charge in [0.05, 0.1) is 9.99 Å². The predicted octanol–water partition coefficient (Wildman–Crippen LogP) is 3.12. The summed E-state index contributed by atoms with van der Waals surface area (Å²) in [5.74, 6) is 0. The van der Waals surface area contributed by atoms with Crippen LogP contribution < -0.4 is 5.56 Å². The highest BCUT2D eigenvalue weighted by atomic mass is 79.9. The maximum absolute atomic E-state index is 12.6. The third kappa shape index (κ3) is 2.76. The molecule has 0 bridgehead atoms. The average Bonchev–Trinajstić information content (AvgIpc) is 2.75. The first-order valence-corrected chi connectivity index (χ1v) is 7.29. The second kappa shape index (κ2) is 5.48. The Labute approximate surface area is 136 Å². The normalized spacial score (nSPS) is 12.0. The summed E-state index contributed by atoms with van der Waals surface area (Å²) in [7, 11) is 1.68. The molecule has 3 aromatic heterocycles. The molecule has 9 heteroatoms. The summed E-state index contributed by atoms with van der Waals surface area (Å²) in [5, 5.41) is 0.136. The van der Waals surface area contributed by atoms with Crippen LogP contribution in [0.25, 0.3) is 22.2 Å². The van der Waals surface area contributed by atoms with Gasteiger partial charge >= 0.3 is 6.18 Å². The minimum Gasteiger partial charge on any atom is -0.322 e. The number of hydrogen-bond acceptors (Lipinski definition) is 3. The molecule has 3 heterocycles. The fourth-order valence-electron chi connectivity index (χ4n) is 2.41. The number of halogens is 4. The number of hydrogen-bond donors (Lipinski definition) is 0. The lowest BCUT2D eigenvalue weighted by atomic mass is 10.1. The Morgan fingerprint density at radius 1 is 1.26 bits per heavy atom. The van der Waals surface area contributed by atoms with Gasteiger partial charge < -0.3 is 4.57 Å². The van der Waals surface area contributed by atoms with Gasteiger partial charge in [-0.3, -0.25) is 14.3 Å². The number of nitrogens with zero attached hydrogens (tertiary/aromatic N) is 4. The van der Waals surface area contributed by atoms with E-state index in [1.807, 2.05) is 0 Å². The molecule has 120 valence electrons. The van der Waals surface area contributed by atoms with Gasteiger partial charge in [-0.15, -0.1) is 0 Å². The van der Waals surface area contributed by atoms with Crippen LogP contribution in [0.2, 0.25) is 0 Å². The Bertz CT molecular complexity index is 931. The van der Waals surface area contributed by atoms with Crippen molar-refractivity contribution in [2.75, 3.05) is 0 Å². The molecule has 0 aliphatic carbocycles. The van der Waals surface area contributed by atoms with Crippen LogP contribution in [0.15, 0.2) is 40.3 Å². The molecule has 0 aromatic carbocycles. The molecule has 0 aliphatic heterocycles. The molecule has 0 saturated heterocycles. The Balaban J connectivity index is 2.34. The van der Waals surface area contributed by atoms with Crippen LogP contribution in [0.3, 0.4) is 0 Å². The fourth-order valence-corrected chi connectivity index (χ4v) is 3.00. The molecule has 0 fully saturated rings. The van der Waals surface area contributed by atoms with Crippen molar-refractivity contribution in [1.29, 1.82) is 0 Å². The Hall–Kier alpha value is -2.16. The quantitative estimate of drug-likeness (QED) is 0.679. The number of aryl methyl sites for hydroxylation is 1. The van der Waals surface area contributed by atoms with E-state index in [2.05, 4.69) is 25.9 Å². The highest BCUT2D eigenvalue weighted by Gasteiger charge is 2.30. The molecule has 0 atom stereocenters. The fraction of sp³-hybridized carbons (Fsp3) is 0.214. The molecular weight excluding hydrogens is 377 g/mol. The summed E-state index contributed by atoms with van der Waals surface area (Å²) < 4.78 is 40.6. The number of alkyl halides is 3. The molecule has 23 heavy (non-hydrogen) atoms. The minimum atomic E-state index is -4.50. The van der Waals surface area contributed by atoms with Crippen molar-refractivity contribution in [3.63, 3.8) is 0 Å². The van der Waals surface area contributed by atoms with Gasteiger partial charge in [-0.05, 0) is 33.6 Å². The molecule has 0 aliphatic rings. The number of fused-ring (bicyclic) bond motifs is 1. The lowest BCUT2D eigenvalue weighted by molar-refractivity contribution is -0.141. The van der Waals surface area contributed by atoms with Gasteiger partial charge in [0.15, 0.2) is 0 Å². The van der Waals surface area contributed by atoms with E-state index >= 15 is 0 Å². The van der Waals surface area contributed by atoms with Crippen molar-refractivity contribution in [2.45, 2.75) is 12.7 Å². The zero-order valence-corrected chi connectivity index (χ0v) is 13.4. The number of aromatic nitrogens is 4. The van der Waals surface area contributed by atoms with Crippen LogP contribution in [-0.4, -0.2) is 25.3 Å². The van der Waals surface area contributed by atoms with E-state index in [1.165, 1.54) is 0 Å². The van der Waals surface area contributed by atoms with E-state index in [1.54, 1.807) is 36.1 Å². The monoisotopic (exact) mass is 386 g/mol.